The van der Waals surface area contributed by atoms with Crippen LogP contribution in [0, 0.1) is 17.0 Å². The van der Waals surface area contributed by atoms with Gasteiger partial charge in [-0.05, 0) is 37.3 Å². The topological polar surface area (TPSA) is 139 Å². The van der Waals surface area contributed by atoms with Gasteiger partial charge in [-0.25, -0.2) is 0 Å². The average molecular weight is 428 g/mol. The first-order valence-corrected chi connectivity index (χ1v) is 9.10. The van der Waals surface area contributed by atoms with Crippen LogP contribution in [0.4, 0.5) is 5.69 Å². The lowest BCUT2D eigenvalue weighted by molar-refractivity contribution is -0.385. The maximum Gasteiger partial charge on any atom is 0.272 e. The highest BCUT2D eigenvalue weighted by atomic mass is 16.6. The maximum atomic E-state index is 12.0. The van der Waals surface area contributed by atoms with Crippen molar-refractivity contribution in [3.63, 3.8) is 0 Å². The lowest BCUT2D eigenvalue weighted by Crippen LogP contribution is -2.28. The summed E-state index contributed by atoms with van der Waals surface area (Å²) in [6, 6.07) is 9.46. The van der Waals surface area contributed by atoms with Gasteiger partial charge >= 0.3 is 0 Å². The van der Waals surface area contributed by atoms with Gasteiger partial charge in [-0.15, -0.1) is 0 Å². The third-order valence-electron chi connectivity index (χ3n) is 4.28. The minimum Gasteiger partial charge on any atom is -0.493 e. The van der Waals surface area contributed by atoms with E-state index in [1.54, 1.807) is 32.2 Å². The number of ether oxygens (including phenoxy) is 3. The number of carbonyl (C=O) groups excluding carboxylic acids is 1. The second-order valence-corrected chi connectivity index (χ2v) is 6.35. The monoisotopic (exact) mass is 428 g/mol. The van der Waals surface area contributed by atoms with E-state index < -0.39 is 10.8 Å². The van der Waals surface area contributed by atoms with Gasteiger partial charge in [-0.2, -0.15) is 4.98 Å². The third-order valence-corrected chi connectivity index (χ3v) is 4.28. The van der Waals surface area contributed by atoms with E-state index in [1.807, 2.05) is 0 Å². The largest absolute Gasteiger partial charge is 0.493 e. The van der Waals surface area contributed by atoms with Crippen molar-refractivity contribution in [2.75, 3.05) is 20.8 Å². The molecule has 1 amide bonds. The Bertz CT molecular complexity index is 1100. The SMILES string of the molecule is COc1ccc(-c2noc(CNC(=O)COc3ccc([N+](=O)[O-])c(C)c3)n2)cc1OC. The van der Waals surface area contributed by atoms with Crippen LogP contribution in [0.25, 0.3) is 11.4 Å². The number of rotatable bonds is 9. The highest BCUT2D eigenvalue weighted by Gasteiger charge is 2.14. The van der Waals surface area contributed by atoms with Crippen LogP contribution in [0.5, 0.6) is 17.2 Å². The highest BCUT2D eigenvalue weighted by Crippen LogP contribution is 2.31. The number of hydrogen-bond donors (Lipinski definition) is 1. The normalized spacial score (nSPS) is 10.4. The van der Waals surface area contributed by atoms with E-state index in [0.717, 1.165) is 0 Å². The molecule has 0 radical (unpaired) electrons. The number of aryl methyl sites for hydroxylation is 1. The Morgan fingerprint density at radius 1 is 1.16 bits per heavy atom. The lowest BCUT2D eigenvalue weighted by atomic mass is 10.2. The van der Waals surface area contributed by atoms with Crippen molar-refractivity contribution in [3.8, 4) is 28.6 Å². The zero-order chi connectivity index (χ0) is 22.4. The molecule has 0 saturated carbocycles. The van der Waals surface area contributed by atoms with Crippen LogP contribution < -0.4 is 19.5 Å². The molecule has 0 aliphatic heterocycles. The van der Waals surface area contributed by atoms with Gasteiger partial charge in [0.25, 0.3) is 11.6 Å². The molecule has 162 valence electrons. The Balaban J connectivity index is 1.54. The fraction of sp³-hybridized carbons (Fsp3) is 0.250. The summed E-state index contributed by atoms with van der Waals surface area (Å²) in [6.45, 7) is 1.34. The zero-order valence-corrected chi connectivity index (χ0v) is 17.1. The van der Waals surface area contributed by atoms with Gasteiger partial charge in [0.15, 0.2) is 18.1 Å². The first-order chi connectivity index (χ1) is 14.9. The van der Waals surface area contributed by atoms with Crippen molar-refractivity contribution in [2.45, 2.75) is 13.5 Å². The number of nitrogens with zero attached hydrogens (tertiary/aromatic N) is 3. The van der Waals surface area contributed by atoms with Crippen LogP contribution in [-0.2, 0) is 11.3 Å². The van der Waals surface area contributed by atoms with Gasteiger partial charge in [-0.3, -0.25) is 14.9 Å². The van der Waals surface area contributed by atoms with Crippen LogP contribution >= 0.6 is 0 Å². The molecule has 0 fully saturated rings. The summed E-state index contributed by atoms with van der Waals surface area (Å²) in [4.78, 5) is 26.6. The van der Waals surface area contributed by atoms with E-state index in [2.05, 4.69) is 15.5 Å². The molecule has 0 unspecified atom stereocenters. The number of benzene rings is 2. The molecule has 0 aliphatic carbocycles. The molecule has 2 aromatic carbocycles. The van der Waals surface area contributed by atoms with E-state index in [0.29, 0.717) is 34.2 Å². The van der Waals surface area contributed by atoms with Crippen LogP contribution in [0.15, 0.2) is 40.9 Å². The van der Waals surface area contributed by atoms with E-state index in [-0.39, 0.29) is 24.7 Å². The minimum atomic E-state index is -0.480. The number of amides is 1. The van der Waals surface area contributed by atoms with E-state index >= 15 is 0 Å². The Morgan fingerprint density at radius 2 is 1.94 bits per heavy atom. The highest BCUT2D eigenvalue weighted by molar-refractivity contribution is 5.77. The molecule has 0 aliphatic rings. The maximum absolute atomic E-state index is 12.0. The second-order valence-electron chi connectivity index (χ2n) is 6.35. The van der Waals surface area contributed by atoms with Crippen molar-refractivity contribution < 1.29 is 28.5 Å². The average Bonchev–Trinajstić information content (AvgIpc) is 3.24. The number of nitro benzene ring substituents is 1. The molecule has 3 rings (SSSR count). The smallest absolute Gasteiger partial charge is 0.272 e. The Hall–Kier alpha value is -4.15. The number of hydrogen-bond acceptors (Lipinski definition) is 9. The molecule has 1 aromatic heterocycles. The molecule has 1 heterocycles. The first kappa shape index (κ1) is 21.6. The molecule has 31 heavy (non-hydrogen) atoms. The number of nitrogens with one attached hydrogen (secondary N) is 1. The third kappa shape index (κ3) is 5.26. The van der Waals surface area contributed by atoms with Crippen molar-refractivity contribution >= 4 is 11.6 Å². The van der Waals surface area contributed by atoms with E-state index in [4.69, 9.17) is 18.7 Å². The van der Waals surface area contributed by atoms with Crippen LogP contribution in [0.3, 0.4) is 0 Å². The predicted octanol–water partition coefficient (Wildman–Crippen LogP) is 2.67. The number of nitro groups is 1. The van der Waals surface area contributed by atoms with Gasteiger partial charge in [0.2, 0.25) is 11.7 Å². The standard InChI is InChI=1S/C20H20N4O7/c1-12-8-14(5-6-15(12)24(26)27)30-11-18(25)21-10-19-22-20(23-31-19)13-4-7-16(28-2)17(9-13)29-3/h4-9H,10-11H2,1-3H3,(H,21,25). The number of carbonyl (C=O) groups is 1. The summed E-state index contributed by atoms with van der Waals surface area (Å²) in [6.07, 6.45) is 0. The quantitative estimate of drug-likeness (QED) is 0.402. The van der Waals surface area contributed by atoms with Gasteiger partial charge in [0.1, 0.15) is 5.75 Å². The Kier molecular flexibility index (Phi) is 6.65. The molecule has 11 nitrogen and oxygen atoms in total. The molecule has 0 spiro atoms. The van der Waals surface area contributed by atoms with Crippen molar-refractivity contribution in [1.82, 2.24) is 15.5 Å². The van der Waals surface area contributed by atoms with E-state index in [1.165, 1.54) is 25.3 Å². The van der Waals surface area contributed by atoms with Gasteiger partial charge in [-0.1, -0.05) is 5.16 Å². The van der Waals surface area contributed by atoms with Crippen LogP contribution in [0.2, 0.25) is 0 Å². The molecule has 1 N–H and O–H groups in total. The fourth-order valence-electron chi connectivity index (χ4n) is 2.72. The van der Waals surface area contributed by atoms with Gasteiger partial charge in [0, 0.05) is 17.2 Å². The van der Waals surface area contributed by atoms with Crippen LogP contribution in [-0.4, -0.2) is 41.8 Å². The van der Waals surface area contributed by atoms with E-state index in [9.17, 15) is 14.9 Å². The summed E-state index contributed by atoms with van der Waals surface area (Å²) in [5.74, 6) is 1.59. The molecule has 0 bridgehead atoms. The fourth-order valence-corrected chi connectivity index (χ4v) is 2.72. The predicted molar refractivity (Wildman–Crippen MR) is 108 cm³/mol. The second kappa shape index (κ2) is 9.57. The van der Waals surface area contributed by atoms with Gasteiger partial charge < -0.3 is 24.1 Å². The molecule has 0 saturated heterocycles. The molecular weight excluding hydrogens is 408 g/mol. The summed E-state index contributed by atoms with van der Waals surface area (Å²) in [5, 5.41) is 17.3. The Morgan fingerprint density at radius 3 is 2.61 bits per heavy atom. The summed E-state index contributed by atoms with van der Waals surface area (Å²) in [7, 11) is 3.07. The number of methoxy groups -OCH3 is 2. The lowest BCUT2D eigenvalue weighted by Gasteiger charge is -2.07. The summed E-state index contributed by atoms with van der Waals surface area (Å²) >= 11 is 0. The Labute approximate surface area is 177 Å². The first-order valence-electron chi connectivity index (χ1n) is 9.10. The van der Waals surface area contributed by atoms with Crippen LogP contribution in [0.1, 0.15) is 11.5 Å². The zero-order valence-electron chi connectivity index (χ0n) is 17.1. The number of aromatic nitrogens is 2. The molecule has 3 aromatic rings. The van der Waals surface area contributed by atoms with Crippen molar-refractivity contribution in [1.29, 1.82) is 0 Å². The molecule has 11 heteroatoms. The summed E-state index contributed by atoms with van der Waals surface area (Å²) in [5.41, 5.74) is 1.09. The molecule has 0 atom stereocenters. The summed E-state index contributed by atoms with van der Waals surface area (Å²) < 4.78 is 21.0. The van der Waals surface area contributed by atoms with Crippen molar-refractivity contribution in [2.24, 2.45) is 0 Å². The van der Waals surface area contributed by atoms with Crippen molar-refractivity contribution in [3.05, 3.63) is 58.0 Å². The minimum absolute atomic E-state index is 0.0153. The van der Waals surface area contributed by atoms with Gasteiger partial charge in [0.05, 0.1) is 25.7 Å². The molecular formula is C20H20N4O7.